The summed E-state index contributed by atoms with van der Waals surface area (Å²) in [7, 11) is 1.85. The van der Waals surface area contributed by atoms with Gasteiger partial charge in [-0.2, -0.15) is 0 Å². The van der Waals surface area contributed by atoms with Gasteiger partial charge in [-0.15, -0.1) is 0 Å². The van der Waals surface area contributed by atoms with Crippen LogP contribution in [0, 0.1) is 5.92 Å². The molecule has 1 aliphatic carbocycles. The van der Waals surface area contributed by atoms with Crippen LogP contribution in [-0.4, -0.2) is 35.5 Å². The van der Waals surface area contributed by atoms with Crippen LogP contribution in [0.25, 0.3) is 0 Å². The minimum absolute atomic E-state index is 0.167. The molecule has 1 aromatic carbocycles. The summed E-state index contributed by atoms with van der Waals surface area (Å²) in [6.07, 6.45) is 6.80. The number of carboxylic acids is 1. The number of nitrogens with zero attached hydrogens (tertiary/aromatic N) is 1. The van der Waals surface area contributed by atoms with Crippen molar-refractivity contribution in [3.63, 3.8) is 0 Å². The molecule has 1 aliphatic rings. The number of rotatable bonds is 6. The van der Waals surface area contributed by atoms with E-state index in [0.717, 1.165) is 31.2 Å². The molecule has 1 aromatic rings. The fourth-order valence-corrected chi connectivity index (χ4v) is 3.03. The molecule has 1 fully saturated rings. The summed E-state index contributed by atoms with van der Waals surface area (Å²) in [5, 5.41) is 8.58. The highest BCUT2D eigenvalue weighted by molar-refractivity contribution is 5.78. The van der Waals surface area contributed by atoms with Gasteiger partial charge in [-0.3, -0.25) is 4.79 Å². The maximum atomic E-state index is 12.5. The van der Waals surface area contributed by atoms with Crippen LogP contribution in [-0.2, 0) is 16.1 Å². The molecule has 0 spiro atoms. The Morgan fingerprint density at radius 1 is 1.13 bits per heavy atom. The third kappa shape index (κ3) is 5.58. The lowest BCUT2D eigenvalue weighted by molar-refractivity contribution is -0.139. The SMILES string of the molecule is CN(Cc1ccc(OCC(=O)O)cc1)C(=O)C1CCCCCC1. The first-order valence-corrected chi connectivity index (χ1v) is 8.25. The Hall–Kier alpha value is -2.04. The summed E-state index contributed by atoms with van der Waals surface area (Å²) >= 11 is 0. The van der Waals surface area contributed by atoms with Gasteiger partial charge in [-0.1, -0.05) is 37.8 Å². The summed E-state index contributed by atoms with van der Waals surface area (Å²) < 4.78 is 5.10. The normalized spacial score (nSPS) is 15.7. The zero-order chi connectivity index (χ0) is 16.7. The van der Waals surface area contributed by atoms with Crippen molar-refractivity contribution in [1.82, 2.24) is 4.90 Å². The second kappa shape index (κ2) is 8.56. The van der Waals surface area contributed by atoms with Crippen LogP contribution >= 0.6 is 0 Å². The molecule has 2 rings (SSSR count). The molecule has 0 bridgehead atoms. The molecular formula is C18H25NO4. The first-order valence-electron chi connectivity index (χ1n) is 8.25. The van der Waals surface area contributed by atoms with E-state index < -0.39 is 5.97 Å². The van der Waals surface area contributed by atoms with Crippen LogP contribution in [0.2, 0.25) is 0 Å². The van der Waals surface area contributed by atoms with Gasteiger partial charge in [0.2, 0.25) is 5.91 Å². The highest BCUT2D eigenvalue weighted by Crippen LogP contribution is 2.25. The van der Waals surface area contributed by atoms with Crippen molar-refractivity contribution in [2.24, 2.45) is 5.92 Å². The number of carbonyl (C=O) groups is 2. The van der Waals surface area contributed by atoms with Crippen molar-refractivity contribution in [3.8, 4) is 5.75 Å². The first kappa shape index (κ1) is 17.3. The van der Waals surface area contributed by atoms with E-state index in [0.29, 0.717) is 12.3 Å². The van der Waals surface area contributed by atoms with E-state index in [1.165, 1.54) is 12.8 Å². The van der Waals surface area contributed by atoms with E-state index >= 15 is 0 Å². The molecule has 0 unspecified atom stereocenters. The molecule has 1 amide bonds. The predicted octanol–water partition coefficient (Wildman–Crippen LogP) is 3.08. The van der Waals surface area contributed by atoms with Gasteiger partial charge in [0.1, 0.15) is 5.75 Å². The number of ether oxygens (including phenoxy) is 1. The van der Waals surface area contributed by atoms with Crippen molar-refractivity contribution in [2.75, 3.05) is 13.7 Å². The van der Waals surface area contributed by atoms with E-state index in [1.54, 1.807) is 17.0 Å². The van der Waals surface area contributed by atoms with E-state index in [2.05, 4.69) is 0 Å². The molecular weight excluding hydrogens is 294 g/mol. The van der Waals surface area contributed by atoms with Gasteiger partial charge in [0.15, 0.2) is 6.61 Å². The standard InChI is InChI=1S/C18H25NO4/c1-19(18(22)15-6-4-2-3-5-7-15)12-14-8-10-16(11-9-14)23-13-17(20)21/h8-11,15H,2-7,12-13H2,1H3,(H,20,21). The number of hydrogen-bond donors (Lipinski definition) is 1. The van der Waals surface area contributed by atoms with Crippen LogP contribution in [0.1, 0.15) is 44.1 Å². The summed E-state index contributed by atoms with van der Waals surface area (Å²) in [5.74, 6) is -0.0736. The Labute approximate surface area is 137 Å². The maximum Gasteiger partial charge on any atom is 0.341 e. The Balaban J connectivity index is 1.87. The number of carboxylic acid groups (broad SMARTS) is 1. The second-order valence-electron chi connectivity index (χ2n) is 6.21. The molecule has 0 aromatic heterocycles. The zero-order valence-electron chi connectivity index (χ0n) is 13.7. The highest BCUT2D eigenvalue weighted by Gasteiger charge is 2.23. The Morgan fingerprint density at radius 3 is 2.30 bits per heavy atom. The fraction of sp³-hybridized carbons (Fsp3) is 0.556. The molecule has 1 N–H and O–H groups in total. The Morgan fingerprint density at radius 2 is 1.74 bits per heavy atom. The van der Waals surface area contributed by atoms with Crippen molar-refractivity contribution in [1.29, 1.82) is 0 Å². The quantitative estimate of drug-likeness (QED) is 0.818. The van der Waals surface area contributed by atoms with Gasteiger partial charge < -0.3 is 14.7 Å². The van der Waals surface area contributed by atoms with Crippen LogP contribution in [0.15, 0.2) is 24.3 Å². The number of benzene rings is 1. The minimum Gasteiger partial charge on any atom is -0.482 e. The Bertz CT molecular complexity index is 518. The van der Waals surface area contributed by atoms with Crippen molar-refractivity contribution in [2.45, 2.75) is 45.1 Å². The number of aliphatic carboxylic acids is 1. The van der Waals surface area contributed by atoms with Gasteiger partial charge in [-0.05, 0) is 30.5 Å². The van der Waals surface area contributed by atoms with E-state index in [-0.39, 0.29) is 18.4 Å². The van der Waals surface area contributed by atoms with Crippen molar-refractivity contribution < 1.29 is 19.4 Å². The maximum absolute atomic E-state index is 12.5. The van der Waals surface area contributed by atoms with E-state index in [1.807, 2.05) is 19.2 Å². The monoisotopic (exact) mass is 319 g/mol. The van der Waals surface area contributed by atoms with Crippen LogP contribution in [0.5, 0.6) is 5.75 Å². The van der Waals surface area contributed by atoms with E-state index in [9.17, 15) is 9.59 Å². The summed E-state index contributed by atoms with van der Waals surface area (Å²) in [4.78, 5) is 24.8. The van der Waals surface area contributed by atoms with Crippen molar-refractivity contribution >= 4 is 11.9 Å². The highest BCUT2D eigenvalue weighted by atomic mass is 16.5. The third-order valence-electron chi connectivity index (χ3n) is 4.29. The van der Waals surface area contributed by atoms with Gasteiger partial charge in [0.05, 0.1) is 0 Å². The van der Waals surface area contributed by atoms with Crippen LogP contribution in [0.4, 0.5) is 0 Å². The van der Waals surface area contributed by atoms with Crippen LogP contribution < -0.4 is 4.74 Å². The molecule has 5 heteroatoms. The average Bonchev–Trinajstić information content (AvgIpc) is 2.82. The largest absolute Gasteiger partial charge is 0.482 e. The summed E-state index contributed by atoms with van der Waals surface area (Å²) in [5.41, 5.74) is 1.01. The molecule has 5 nitrogen and oxygen atoms in total. The third-order valence-corrected chi connectivity index (χ3v) is 4.29. The van der Waals surface area contributed by atoms with Gasteiger partial charge in [0, 0.05) is 19.5 Å². The lowest BCUT2D eigenvalue weighted by Crippen LogP contribution is -2.32. The molecule has 0 heterocycles. The Kier molecular flexibility index (Phi) is 6.44. The second-order valence-corrected chi connectivity index (χ2v) is 6.21. The number of amides is 1. The summed E-state index contributed by atoms with van der Waals surface area (Å²) in [6.45, 7) is 0.216. The summed E-state index contributed by atoms with van der Waals surface area (Å²) in [6, 6.07) is 7.21. The van der Waals surface area contributed by atoms with Crippen LogP contribution in [0.3, 0.4) is 0 Å². The number of hydrogen-bond acceptors (Lipinski definition) is 3. The number of carbonyl (C=O) groups excluding carboxylic acids is 1. The van der Waals surface area contributed by atoms with Crippen molar-refractivity contribution in [3.05, 3.63) is 29.8 Å². The molecule has 126 valence electrons. The van der Waals surface area contributed by atoms with Gasteiger partial charge in [0.25, 0.3) is 0 Å². The van der Waals surface area contributed by atoms with Gasteiger partial charge in [-0.25, -0.2) is 4.79 Å². The molecule has 0 radical (unpaired) electrons. The molecule has 1 saturated carbocycles. The molecule has 0 atom stereocenters. The first-order chi connectivity index (χ1) is 11.1. The lowest BCUT2D eigenvalue weighted by atomic mass is 9.98. The van der Waals surface area contributed by atoms with E-state index in [4.69, 9.17) is 9.84 Å². The molecule has 0 saturated heterocycles. The minimum atomic E-state index is -0.997. The molecule has 0 aliphatic heterocycles. The smallest absolute Gasteiger partial charge is 0.341 e. The van der Waals surface area contributed by atoms with Gasteiger partial charge >= 0.3 is 5.97 Å². The molecule has 23 heavy (non-hydrogen) atoms. The fourth-order valence-electron chi connectivity index (χ4n) is 3.03. The topological polar surface area (TPSA) is 66.8 Å². The predicted molar refractivity (Wildman–Crippen MR) is 87.2 cm³/mol. The average molecular weight is 319 g/mol. The lowest BCUT2D eigenvalue weighted by Gasteiger charge is -2.23. The zero-order valence-corrected chi connectivity index (χ0v) is 13.7.